The molecule has 0 aliphatic carbocycles. The summed E-state index contributed by atoms with van der Waals surface area (Å²) in [5, 5.41) is 13.3. The Morgan fingerprint density at radius 2 is 2.03 bits per heavy atom. The minimum atomic E-state index is -0.712. The number of likely N-dealkylation sites (tertiary alicyclic amines) is 1. The Kier molecular flexibility index (Phi) is 7.88. The zero-order valence-electron chi connectivity index (χ0n) is 20.7. The van der Waals surface area contributed by atoms with Crippen LogP contribution in [0.25, 0.3) is 10.4 Å². The number of aliphatic hydroxyl groups excluding tert-OH is 1. The zero-order valence-corrected chi connectivity index (χ0v) is 21.5. The van der Waals surface area contributed by atoms with Gasteiger partial charge in [-0.2, -0.15) is 0 Å². The number of carbonyl (C=O) groups excluding carboxylic acids is 2. The normalized spacial score (nSPS) is 21.3. The van der Waals surface area contributed by atoms with Crippen molar-refractivity contribution in [1.29, 1.82) is 0 Å². The number of thiazole rings is 1. The molecule has 35 heavy (non-hydrogen) atoms. The molecule has 2 N–H and O–H groups in total. The fourth-order valence-electron chi connectivity index (χ4n) is 4.91. The summed E-state index contributed by atoms with van der Waals surface area (Å²) < 4.78 is 5.35. The first-order valence-corrected chi connectivity index (χ1v) is 12.9. The van der Waals surface area contributed by atoms with E-state index in [0.29, 0.717) is 19.6 Å². The fourth-order valence-corrected chi connectivity index (χ4v) is 5.72. The Bertz CT molecular complexity index is 1080. The van der Waals surface area contributed by atoms with Gasteiger partial charge in [0.2, 0.25) is 11.8 Å². The molecule has 2 aliphatic heterocycles. The predicted molar refractivity (Wildman–Crippen MR) is 136 cm³/mol. The topological polar surface area (TPSA) is 95.0 Å². The fraction of sp³-hybridized carbons (Fsp3) is 0.500. The van der Waals surface area contributed by atoms with Gasteiger partial charge in [-0.15, -0.1) is 11.3 Å². The number of aromatic nitrogens is 1. The molecule has 4 rings (SSSR count). The molecule has 2 amide bonds. The first-order valence-electron chi connectivity index (χ1n) is 12.0. The van der Waals surface area contributed by atoms with Crippen LogP contribution in [0.3, 0.4) is 0 Å². The van der Waals surface area contributed by atoms with Crippen molar-refractivity contribution in [3.05, 3.63) is 52.9 Å². The lowest BCUT2D eigenvalue weighted by Crippen LogP contribution is -2.55. The maximum absolute atomic E-state index is 13.6. The smallest absolute Gasteiger partial charge is 0.243 e. The van der Waals surface area contributed by atoms with E-state index in [-0.39, 0.29) is 36.7 Å². The van der Waals surface area contributed by atoms with E-state index in [1.54, 1.807) is 23.3 Å². The maximum Gasteiger partial charge on any atom is 0.243 e. The van der Waals surface area contributed by atoms with E-state index in [4.69, 9.17) is 4.74 Å². The number of nitrogens with zero attached hydrogens (tertiary/aromatic N) is 3. The average molecular weight is 499 g/mol. The van der Waals surface area contributed by atoms with Crippen LogP contribution in [0.15, 0.2) is 41.6 Å². The molecule has 0 saturated carbocycles. The van der Waals surface area contributed by atoms with E-state index < -0.39 is 12.1 Å². The number of amides is 2. The molecule has 3 atom stereocenters. The van der Waals surface area contributed by atoms with Gasteiger partial charge in [-0.05, 0) is 30.0 Å². The van der Waals surface area contributed by atoms with Gasteiger partial charge in [0.25, 0.3) is 0 Å². The number of nitrogens with one attached hydrogen (secondary N) is 1. The van der Waals surface area contributed by atoms with Crippen molar-refractivity contribution in [2.75, 3.05) is 26.7 Å². The molecule has 0 bridgehead atoms. The van der Waals surface area contributed by atoms with E-state index in [1.807, 2.05) is 56.6 Å². The second kappa shape index (κ2) is 10.9. The molecule has 8 nitrogen and oxygen atoms in total. The van der Waals surface area contributed by atoms with Crippen LogP contribution < -0.4 is 5.32 Å². The number of benzene rings is 1. The number of β-amino-alcohol motifs (C(OH)–C–C–N with tert-alkyl or cyclic N) is 1. The largest absolute Gasteiger partial charge is 0.500 e. The number of ether oxygens (including phenoxy) is 1. The van der Waals surface area contributed by atoms with Crippen molar-refractivity contribution in [1.82, 2.24) is 20.1 Å². The quantitative estimate of drug-likeness (QED) is 0.581. The molecule has 2 aromatic rings. The Hall–Kier alpha value is -2.75. The molecule has 3 heterocycles. The SMILES string of the molecule is COC1=CCN([C@H](C(=O)N2C[C@H](O)C[C@H]2C(=O)NCc2ccc(-c3scnc3C)cc2)C(C)C)C1. The van der Waals surface area contributed by atoms with Gasteiger partial charge in [-0.1, -0.05) is 38.1 Å². The van der Waals surface area contributed by atoms with Crippen LogP contribution in [0.4, 0.5) is 0 Å². The summed E-state index contributed by atoms with van der Waals surface area (Å²) in [6.45, 7) is 7.72. The number of rotatable bonds is 8. The van der Waals surface area contributed by atoms with Gasteiger partial charge in [0.05, 0.1) is 41.9 Å². The molecular weight excluding hydrogens is 464 g/mol. The Balaban J connectivity index is 1.40. The molecule has 1 fully saturated rings. The van der Waals surface area contributed by atoms with Crippen molar-refractivity contribution in [3.63, 3.8) is 0 Å². The molecule has 0 spiro atoms. The van der Waals surface area contributed by atoms with Gasteiger partial charge in [0, 0.05) is 26.1 Å². The third-order valence-electron chi connectivity index (χ3n) is 6.75. The number of carbonyl (C=O) groups is 2. The van der Waals surface area contributed by atoms with E-state index >= 15 is 0 Å². The lowest BCUT2D eigenvalue weighted by Gasteiger charge is -2.35. The lowest BCUT2D eigenvalue weighted by atomic mass is 10.0. The highest BCUT2D eigenvalue weighted by Gasteiger charge is 2.43. The third kappa shape index (κ3) is 5.58. The first kappa shape index (κ1) is 25.3. The molecule has 0 unspecified atom stereocenters. The van der Waals surface area contributed by atoms with E-state index in [2.05, 4.69) is 15.2 Å². The number of hydrogen-bond acceptors (Lipinski definition) is 7. The standard InChI is InChI=1S/C26H34N4O4S/c1-16(2)23(29-10-9-21(14-29)34-4)26(33)30-13-20(31)11-22(30)25(32)27-12-18-5-7-19(8-6-18)24-17(3)28-15-35-24/h5-9,15-16,20,22-23,31H,10-14H2,1-4H3,(H,27,32)/t20-,22+,23+/m1/s1. The highest BCUT2D eigenvalue weighted by atomic mass is 32.1. The van der Waals surface area contributed by atoms with Gasteiger partial charge in [-0.3, -0.25) is 14.5 Å². The molecule has 9 heteroatoms. The third-order valence-corrected chi connectivity index (χ3v) is 7.72. The van der Waals surface area contributed by atoms with Crippen molar-refractivity contribution < 1.29 is 19.4 Å². The highest BCUT2D eigenvalue weighted by molar-refractivity contribution is 7.13. The summed E-state index contributed by atoms with van der Waals surface area (Å²) in [4.78, 5) is 35.8. The average Bonchev–Trinajstić information content (AvgIpc) is 3.57. The summed E-state index contributed by atoms with van der Waals surface area (Å²) in [6, 6.07) is 6.97. The van der Waals surface area contributed by atoms with Crippen molar-refractivity contribution in [2.45, 2.75) is 51.9 Å². The van der Waals surface area contributed by atoms with Crippen LogP contribution in [0, 0.1) is 12.8 Å². The van der Waals surface area contributed by atoms with Crippen LogP contribution in [-0.2, 0) is 20.9 Å². The van der Waals surface area contributed by atoms with E-state index in [9.17, 15) is 14.7 Å². The van der Waals surface area contributed by atoms with Crippen molar-refractivity contribution in [2.24, 2.45) is 5.92 Å². The van der Waals surface area contributed by atoms with Gasteiger partial charge in [0.15, 0.2) is 0 Å². The Morgan fingerprint density at radius 3 is 2.63 bits per heavy atom. The predicted octanol–water partition coefficient (Wildman–Crippen LogP) is 2.57. The molecule has 1 aromatic carbocycles. The summed E-state index contributed by atoms with van der Waals surface area (Å²) in [5.41, 5.74) is 4.91. The Labute approximate surface area is 210 Å². The van der Waals surface area contributed by atoms with Crippen LogP contribution >= 0.6 is 11.3 Å². The second-order valence-corrected chi connectivity index (χ2v) is 10.4. The van der Waals surface area contributed by atoms with Crippen molar-refractivity contribution in [3.8, 4) is 10.4 Å². The van der Waals surface area contributed by atoms with Gasteiger partial charge in [0.1, 0.15) is 11.8 Å². The van der Waals surface area contributed by atoms with Crippen molar-refractivity contribution >= 4 is 23.2 Å². The van der Waals surface area contributed by atoms with Gasteiger partial charge in [-0.25, -0.2) is 4.98 Å². The monoisotopic (exact) mass is 498 g/mol. The molecule has 188 valence electrons. The first-order chi connectivity index (χ1) is 16.8. The van der Waals surface area contributed by atoms with E-state index in [1.165, 1.54) is 0 Å². The maximum atomic E-state index is 13.6. The summed E-state index contributed by atoms with van der Waals surface area (Å²) in [6.07, 6.45) is 1.51. The van der Waals surface area contributed by atoms with Crippen LogP contribution in [0.2, 0.25) is 0 Å². The lowest BCUT2D eigenvalue weighted by molar-refractivity contribution is -0.144. The zero-order chi connectivity index (χ0) is 25.1. The number of aryl methyl sites for hydroxylation is 1. The molecular formula is C26H34N4O4S. The molecule has 1 saturated heterocycles. The number of aliphatic hydroxyl groups is 1. The highest BCUT2D eigenvalue weighted by Crippen LogP contribution is 2.28. The second-order valence-electron chi connectivity index (χ2n) is 9.57. The van der Waals surface area contributed by atoms with Crippen LogP contribution in [0.1, 0.15) is 31.5 Å². The minimum Gasteiger partial charge on any atom is -0.500 e. The number of methoxy groups -OCH3 is 1. The molecule has 0 radical (unpaired) electrons. The van der Waals surface area contributed by atoms with E-state index in [0.717, 1.165) is 27.5 Å². The van der Waals surface area contributed by atoms with Gasteiger partial charge < -0.3 is 20.1 Å². The van der Waals surface area contributed by atoms with Gasteiger partial charge >= 0.3 is 0 Å². The summed E-state index contributed by atoms with van der Waals surface area (Å²) in [5.74, 6) is 0.536. The Morgan fingerprint density at radius 1 is 1.29 bits per heavy atom. The minimum absolute atomic E-state index is 0.0502. The molecule has 2 aliphatic rings. The van der Waals surface area contributed by atoms with Crippen LogP contribution in [0.5, 0.6) is 0 Å². The number of hydrogen-bond donors (Lipinski definition) is 2. The summed E-state index contributed by atoms with van der Waals surface area (Å²) >= 11 is 1.61. The summed E-state index contributed by atoms with van der Waals surface area (Å²) in [7, 11) is 1.63. The van der Waals surface area contributed by atoms with Crippen LogP contribution in [-0.4, -0.2) is 76.6 Å². The molecule has 1 aromatic heterocycles.